The van der Waals surface area contributed by atoms with Crippen LogP contribution in [0.5, 0.6) is 5.75 Å². The fraction of sp³-hybridized carbons (Fsp3) is 0.200. The maximum atomic E-state index is 12.3. The third-order valence-corrected chi connectivity index (χ3v) is 4.70. The standard InChI is InChI=1S/C20H20N4O4S/c1-3-28-19(26)13-8-4-6-10-15(13)21-17(25)12-29-20-22-18(23-24-20)14-9-5-7-11-16(14)27-2/h4-11H,3,12H2,1-2H3,(H,21,25)(H,22,23,24). The van der Waals surface area contributed by atoms with E-state index < -0.39 is 5.97 Å². The second-order valence-electron chi connectivity index (χ2n) is 5.77. The molecule has 0 unspecified atom stereocenters. The molecule has 0 radical (unpaired) electrons. The van der Waals surface area contributed by atoms with Gasteiger partial charge in [-0.1, -0.05) is 36.0 Å². The summed E-state index contributed by atoms with van der Waals surface area (Å²) in [5.41, 5.74) is 1.49. The quantitative estimate of drug-likeness (QED) is 0.431. The molecule has 29 heavy (non-hydrogen) atoms. The molecule has 1 amide bonds. The molecule has 0 bridgehead atoms. The van der Waals surface area contributed by atoms with Crippen molar-refractivity contribution in [3.05, 3.63) is 54.1 Å². The number of aromatic amines is 1. The molecule has 150 valence electrons. The number of hydrogen-bond donors (Lipinski definition) is 2. The second kappa shape index (κ2) is 9.74. The SMILES string of the molecule is CCOC(=O)c1ccccc1NC(=O)CSc1n[nH]c(-c2ccccc2OC)n1. The van der Waals surface area contributed by atoms with Crippen molar-refractivity contribution < 1.29 is 19.1 Å². The van der Waals surface area contributed by atoms with Gasteiger partial charge in [-0.3, -0.25) is 9.89 Å². The van der Waals surface area contributed by atoms with Crippen LogP contribution in [0.15, 0.2) is 53.7 Å². The molecule has 1 aromatic heterocycles. The summed E-state index contributed by atoms with van der Waals surface area (Å²) in [6.45, 7) is 1.99. The van der Waals surface area contributed by atoms with E-state index in [1.54, 1.807) is 38.3 Å². The number of esters is 1. The summed E-state index contributed by atoms with van der Waals surface area (Å²) >= 11 is 1.18. The molecule has 1 heterocycles. The van der Waals surface area contributed by atoms with Crippen LogP contribution in [0.1, 0.15) is 17.3 Å². The lowest BCUT2D eigenvalue weighted by Crippen LogP contribution is -2.17. The van der Waals surface area contributed by atoms with Crippen molar-refractivity contribution in [3.8, 4) is 17.1 Å². The van der Waals surface area contributed by atoms with Crippen molar-refractivity contribution in [3.63, 3.8) is 0 Å². The molecule has 3 aromatic rings. The number of carbonyl (C=O) groups excluding carboxylic acids is 2. The van der Waals surface area contributed by atoms with Crippen LogP contribution >= 0.6 is 11.8 Å². The summed E-state index contributed by atoms with van der Waals surface area (Å²) in [7, 11) is 1.59. The van der Waals surface area contributed by atoms with Crippen LogP contribution in [0, 0.1) is 0 Å². The Morgan fingerprint density at radius 3 is 2.69 bits per heavy atom. The highest BCUT2D eigenvalue weighted by atomic mass is 32.2. The summed E-state index contributed by atoms with van der Waals surface area (Å²) in [6.07, 6.45) is 0. The maximum absolute atomic E-state index is 12.3. The first-order valence-corrected chi connectivity index (χ1v) is 9.85. The molecule has 0 aliphatic rings. The van der Waals surface area contributed by atoms with Crippen LogP contribution in [0.3, 0.4) is 0 Å². The van der Waals surface area contributed by atoms with Crippen LogP contribution in [-0.4, -0.2) is 46.5 Å². The number of aromatic nitrogens is 3. The van der Waals surface area contributed by atoms with Crippen molar-refractivity contribution in [2.45, 2.75) is 12.1 Å². The minimum absolute atomic E-state index is 0.0837. The monoisotopic (exact) mass is 412 g/mol. The number of methoxy groups -OCH3 is 1. The van der Waals surface area contributed by atoms with E-state index in [0.717, 1.165) is 5.56 Å². The number of thioether (sulfide) groups is 1. The number of anilines is 1. The van der Waals surface area contributed by atoms with Crippen LogP contribution in [0.25, 0.3) is 11.4 Å². The highest BCUT2D eigenvalue weighted by Crippen LogP contribution is 2.28. The molecule has 0 spiro atoms. The van der Waals surface area contributed by atoms with Gasteiger partial charge < -0.3 is 14.8 Å². The van der Waals surface area contributed by atoms with Gasteiger partial charge in [-0.05, 0) is 31.2 Å². The number of hydrogen-bond acceptors (Lipinski definition) is 7. The Labute approximate surface area is 172 Å². The predicted molar refractivity (Wildman–Crippen MR) is 110 cm³/mol. The van der Waals surface area contributed by atoms with Crippen LogP contribution in [0.4, 0.5) is 5.69 Å². The molecule has 0 saturated heterocycles. The van der Waals surface area contributed by atoms with Crippen LogP contribution in [0.2, 0.25) is 0 Å². The Hall–Kier alpha value is -3.33. The Balaban J connectivity index is 1.63. The van der Waals surface area contributed by atoms with Crippen LogP contribution in [-0.2, 0) is 9.53 Å². The average Bonchev–Trinajstić information content (AvgIpc) is 3.21. The zero-order valence-electron chi connectivity index (χ0n) is 16.0. The smallest absolute Gasteiger partial charge is 0.340 e. The van der Waals surface area contributed by atoms with Gasteiger partial charge >= 0.3 is 5.97 Å². The summed E-state index contributed by atoms with van der Waals surface area (Å²) in [5.74, 6) is 0.550. The van der Waals surface area contributed by atoms with E-state index in [-0.39, 0.29) is 18.3 Å². The fourth-order valence-electron chi connectivity index (χ4n) is 2.57. The van der Waals surface area contributed by atoms with E-state index in [4.69, 9.17) is 9.47 Å². The van der Waals surface area contributed by atoms with Gasteiger partial charge in [0, 0.05) is 0 Å². The Morgan fingerprint density at radius 2 is 1.90 bits per heavy atom. The molecule has 8 nitrogen and oxygen atoms in total. The van der Waals surface area contributed by atoms with E-state index in [1.807, 2.05) is 24.3 Å². The van der Waals surface area contributed by atoms with Gasteiger partial charge in [0.1, 0.15) is 5.75 Å². The lowest BCUT2D eigenvalue weighted by Gasteiger charge is -2.09. The average molecular weight is 412 g/mol. The highest BCUT2D eigenvalue weighted by molar-refractivity contribution is 7.99. The first kappa shape index (κ1) is 20.4. The van der Waals surface area contributed by atoms with Gasteiger partial charge in [0.25, 0.3) is 0 Å². The number of rotatable bonds is 8. The van der Waals surface area contributed by atoms with E-state index >= 15 is 0 Å². The van der Waals surface area contributed by atoms with Crippen molar-refractivity contribution in [2.75, 3.05) is 24.8 Å². The second-order valence-corrected chi connectivity index (χ2v) is 6.71. The molecular formula is C20H20N4O4S. The van der Waals surface area contributed by atoms with Crippen molar-refractivity contribution >= 4 is 29.3 Å². The topological polar surface area (TPSA) is 106 Å². The lowest BCUT2D eigenvalue weighted by molar-refractivity contribution is -0.113. The van der Waals surface area contributed by atoms with E-state index in [0.29, 0.717) is 28.0 Å². The molecule has 2 N–H and O–H groups in total. The van der Waals surface area contributed by atoms with Gasteiger partial charge in [-0.2, -0.15) is 0 Å². The van der Waals surface area contributed by atoms with Crippen LogP contribution < -0.4 is 10.1 Å². The van der Waals surface area contributed by atoms with Crippen molar-refractivity contribution in [2.24, 2.45) is 0 Å². The lowest BCUT2D eigenvalue weighted by atomic mass is 10.2. The zero-order valence-corrected chi connectivity index (χ0v) is 16.8. The Kier molecular flexibility index (Phi) is 6.85. The number of benzene rings is 2. The van der Waals surface area contributed by atoms with Gasteiger partial charge in [0.15, 0.2) is 5.82 Å². The third kappa shape index (κ3) is 5.14. The number of para-hydroxylation sites is 2. The molecule has 0 aliphatic carbocycles. The van der Waals surface area contributed by atoms with E-state index in [1.165, 1.54) is 11.8 Å². The number of amides is 1. The summed E-state index contributed by atoms with van der Waals surface area (Å²) in [6, 6.07) is 14.2. The van der Waals surface area contributed by atoms with Crippen molar-refractivity contribution in [1.29, 1.82) is 0 Å². The molecule has 2 aromatic carbocycles. The summed E-state index contributed by atoms with van der Waals surface area (Å²) < 4.78 is 10.3. The molecular weight excluding hydrogens is 392 g/mol. The predicted octanol–water partition coefficient (Wildman–Crippen LogP) is 3.39. The largest absolute Gasteiger partial charge is 0.496 e. The summed E-state index contributed by atoms with van der Waals surface area (Å²) in [4.78, 5) is 28.7. The number of ether oxygens (including phenoxy) is 2. The Bertz CT molecular complexity index is 1010. The first-order chi connectivity index (χ1) is 14.1. The number of carbonyl (C=O) groups is 2. The number of nitrogens with one attached hydrogen (secondary N) is 2. The number of H-pyrrole nitrogens is 1. The number of nitrogens with zero attached hydrogens (tertiary/aromatic N) is 2. The third-order valence-electron chi connectivity index (χ3n) is 3.86. The maximum Gasteiger partial charge on any atom is 0.340 e. The molecule has 0 fully saturated rings. The van der Waals surface area contributed by atoms with Gasteiger partial charge in [-0.15, -0.1) is 5.10 Å². The van der Waals surface area contributed by atoms with Gasteiger partial charge in [-0.25, -0.2) is 9.78 Å². The highest BCUT2D eigenvalue weighted by Gasteiger charge is 2.15. The van der Waals surface area contributed by atoms with Gasteiger partial charge in [0.2, 0.25) is 11.1 Å². The van der Waals surface area contributed by atoms with Crippen molar-refractivity contribution in [1.82, 2.24) is 15.2 Å². The van der Waals surface area contributed by atoms with E-state index in [2.05, 4.69) is 20.5 Å². The molecule has 9 heteroatoms. The minimum atomic E-state index is -0.480. The first-order valence-electron chi connectivity index (χ1n) is 8.87. The molecule has 3 rings (SSSR count). The summed E-state index contributed by atoms with van der Waals surface area (Å²) in [5, 5.41) is 10.1. The normalized spacial score (nSPS) is 10.4. The molecule has 0 aliphatic heterocycles. The van der Waals surface area contributed by atoms with E-state index in [9.17, 15) is 9.59 Å². The minimum Gasteiger partial charge on any atom is -0.496 e. The fourth-order valence-corrected chi connectivity index (χ4v) is 3.17. The van der Waals surface area contributed by atoms with Gasteiger partial charge in [0.05, 0.1) is 36.3 Å². The zero-order chi connectivity index (χ0) is 20.6. The molecule has 0 saturated carbocycles. The Morgan fingerprint density at radius 1 is 1.14 bits per heavy atom. The molecule has 0 atom stereocenters.